The highest BCUT2D eigenvalue weighted by Gasteiger charge is 2.41. The van der Waals surface area contributed by atoms with Crippen molar-refractivity contribution in [1.82, 2.24) is 4.90 Å². The second kappa shape index (κ2) is 6.92. The number of halogens is 1. The van der Waals surface area contributed by atoms with Crippen molar-refractivity contribution in [3.63, 3.8) is 0 Å². The minimum Gasteiger partial charge on any atom is -0.335 e. The van der Waals surface area contributed by atoms with Crippen LogP contribution in [0, 0.1) is 5.92 Å². The van der Waals surface area contributed by atoms with E-state index in [9.17, 15) is 9.59 Å². The number of rotatable bonds is 3. The molecule has 0 bridgehead atoms. The van der Waals surface area contributed by atoms with Crippen molar-refractivity contribution in [2.24, 2.45) is 5.92 Å². The van der Waals surface area contributed by atoms with E-state index < -0.39 is 0 Å². The van der Waals surface area contributed by atoms with E-state index in [1.807, 2.05) is 35.2 Å². The van der Waals surface area contributed by atoms with Crippen LogP contribution in [0.3, 0.4) is 0 Å². The molecule has 0 radical (unpaired) electrons. The molecule has 2 aliphatic heterocycles. The van der Waals surface area contributed by atoms with Crippen LogP contribution in [0.2, 0.25) is 0 Å². The second-order valence-electron chi connectivity index (χ2n) is 6.56. The number of nitrogens with zero attached hydrogens (tertiary/aromatic N) is 2. The van der Waals surface area contributed by atoms with Gasteiger partial charge in [0.1, 0.15) is 0 Å². The van der Waals surface area contributed by atoms with E-state index in [0.717, 1.165) is 29.5 Å². The molecule has 3 heterocycles. The first-order valence-electron chi connectivity index (χ1n) is 8.54. The van der Waals surface area contributed by atoms with Crippen LogP contribution in [0.15, 0.2) is 46.3 Å². The summed E-state index contributed by atoms with van der Waals surface area (Å²) in [5, 5.41) is 2.06. The van der Waals surface area contributed by atoms with E-state index in [1.165, 1.54) is 4.88 Å². The van der Waals surface area contributed by atoms with Crippen molar-refractivity contribution in [3.8, 4) is 0 Å². The molecule has 2 fully saturated rings. The minimum absolute atomic E-state index is 0.0251. The lowest BCUT2D eigenvalue weighted by atomic mass is 10.1. The Kier molecular flexibility index (Phi) is 4.65. The number of thiophene rings is 1. The molecule has 1 aromatic heterocycles. The van der Waals surface area contributed by atoms with Gasteiger partial charge in [0.05, 0.1) is 17.6 Å². The topological polar surface area (TPSA) is 40.6 Å². The third kappa shape index (κ3) is 3.13. The number of carbonyl (C=O) groups is 2. The third-order valence-corrected chi connectivity index (χ3v) is 6.67. The van der Waals surface area contributed by atoms with Crippen LogP contribution in [0.5, 0.6) is 0 Å². The number of carbonyl (C=O) groups excluding carboxylic acids is 2. The molecule has 0 spiro atoms. The van der Waals surface area contributed by atoms with Crippen LogP contribution in [0.1, 0.15) is 30.2 Å². The molecule has 2 atom stereocenters. The SMILES string of the molecule is O=C1C[C@H](C(=O)N2CCC[C@H]2c2cccs2)CN1c1ccccc1Br. The highest BCUT2D eigenvalue weighted by atomic mass is 79.9. The Balaban J connectivity index is 1.52. The molecule has 0 N–H and O–H groups in total. The molecule has 0 unspecified atom stereocenters. The maximum Gasteiger partial charge on any atom is 0.228 e. The molecule has 4 nitrogen and oxygen atoms in total. The first-order chi connectivity index (χ1) is 12.1. The number of likely N-dealkylation sites (tertiary alicyclic amines) is 1. The third-order valence-electron chi connectivity index (χ3n) is 5.03. The van der Waals surface area contributed by atoms with Crippen molar-refractivity contribution in [2.75, 3.05) is 18.0 Å². The lowest BCUT2D eigenvalue weighted by Crippen LogP contribution is -2.36. The Hall–Kier alpha value is -1.66. The van der Waals surface area contributed by atoms with Gasteiger partial charge in [-0.2, -0.15) is 0 Å². The summed E-state index contributed by atoms with van der Waals surface area (Å²) in [6.07, 6.45) is 2.34. The van der Waals surface area contributed by atoms with Crippen LogP contribution in [-0.4, -0.2) is 29.8 Å². The van der Waals surface area contributed by atoms with Gasteiger partial charge in [0.25, 0.3) is 0 Å². The van der Waals surface area contributed by atoms with Crippen LogP contribution < -0.4 is 4.90 Å². The second-order valence-corrected chi connectivity index (χ2v) is 8.40. The predicted molar refractivity (Wildman–Crippen MR) is 103 cm³/mol. The summed E-state index contributed by atoms with van der Waals surface area (Å²) in [4.78, 5) is 30.6. The highest BCUT2D eigenvalue weighted by molar-refractivity contribution is 9.10. The standard InChI is InChI=1S/C19H19BrN2O2S/c20-14-5-1-2-6-15(14)22-12-13(11-18(22)23)19(24)21-9-3-7-16(21)17-8-4-10-25-17/h1-2,4-6,8,10,13,16H,3,7,9,11-12H2/t13-,16-/m0/s1. The molecule has 0 saturated carbocycles. The Morgan fingerprint density at radius 2 is 2.04 bits per heavy atom. The summed E-state index contributed by atoms with van der Waals surface area (Å²) in [6, 6.07) is 12.0. The lowest BCUT2D eigenvalue weighted by molar-refractivity contribution is -0.136. The molecule has 2 saturated heterocycles. The summed E-state index contributed by atoms with van der Waals surface area (Å²) in [5.74, 6) is -0.101. The number of hydrogen-bond acceptors (Lipinski definition) is 3. The summed E-state index contributed by atoms with van der Waals surface area (Å²) < 4.78 is 0.883. The fourth-order valence-electron chi connectivity index (χ4n) is 3.82. The van der Waals surface area contributed by atoms with Crippen molar-refractivity contribution in [3.05, 3.63) is 51.1 Å². The van der Waals surface area contributed by atoms with Gasteiger partial charge < -0.3 is 9.80 Å². The fraction of sp³-hybridized carbons (Fsp3) is 0.368. The molecule has 4 rings (SSSR count). The molecule has 25 heavy (non-hydrogen) atoms. The van der Waals surface area contributed by atoms with Gasteiger partial charge in [-0.15, -0.1) is 11.3 Å². The number of amides is 2. The maximum absolute atomic E-state index is 13.1. The molecule has 2 aliphatic rings. The molecule has 2 amide bonds. The van der Waals surface area contributed by atoms with Gasteiger partial charge in [0.15, 0.2) is 0 Å². The Bertz CT molecular complexity index is 792. The van der Waals surface area contributed by atoms with Gasteiger partial charge in [0, 0.05) is 28.9 Å². The van der Waals surface area contributed by atoms with Gasteiger partial charge in [0.2, 0.25) is 11.8 Å². The first-order valence-corrected chi connectivity index (χ1v) is 10.2. The van der Waals surface area contributed by atoms with Gasteiger partial charge in [-0.1, -0.05) is 18.2 Å². The van der Waals surface area contributed by atoms with Crippen molar-refractivity contribution in [1.29, 1.82) is 0 Å². The maximum atomic E-state index is 13.1. The summed E-state index contributed by atoms with van der Waals surface area (Å²) >= 11 is 5.21. The predicted octanol–water partition coefficient (Wildman–Crippen LogP) is 4.23. The molecular formula is C19H19BrN2O2S. The largest absolute Gasteiger partial charge is 0.335 e. The van der Waals surface area contributed by atoms with Crippen molar-refractivity contribution in [2.45, 2.75) is 25.3 Å². The van der Waals surface area contributed by atoms with Gasteiger partial charge in [-0.3, -0.25) is 9.59 Å². The van der Waals surface area contributed by atoms with Crippen molar-refractivity contribution < 1.29 is 9.59 Å². The number of para-hydroxylation sites is 1. The number of hydrogen-bond donors (Lipinski definition) is 0. The Morgan fingerprint density at radius 1 is 1.20 bits per heavy atom. The molecule has 0 aliphatic carbocycles. The molecule has 2 aromatic rings. The van der Waals surface area contributed by atoms with Crippen LogP contribution >= 0.6 is 27.3 Å². The average molecular weight is 419 g/mol. The Labute approximate surface area is 159 Å². The van der Waals surface area contributed by atoms with E-state index in [1.54, 1.807) is 16.2 Å². The zero-order valence-electron chi connectivity index (χ0n) is 13.7. The number of benzene rings is 1. The quantitative estimate of drug-likeness (QED) is 0.747. The van der Waals surface area contributed by atoms with Crippen LogP contribution in [0.4, 0.5) is 5.69 Å². The smallest absolute Gasteiger partial charge is 0.228 e. The molecular weight excluding hydrogens is 400 g/mol. The van der Waals surface area contributed by atoms with Gasteiger partial charge in [-0.05, 0) is 52.4 Å². The van der Waals surface area contributed by atoms with E-state index in [4.69, 9.17) is 0 Å². The fourth-order valence-corrected chi connectivity index (χ4v) is 5.19. The average Bonchev–Trinajstić information content (AvgIpc) is 3.35. The summed E-state index contributed by atoms with van der Waals surface area (Å²) in [5.41, 5.74) is 0.846. The van der Waals surface area contributed by atoms with Gasteiger partial charge in [-0.25, -0.2) is 0 Å². The highest BCUT2D eigenvalue weighted by Crippen LogP contribution is 2.38. The van der Waals surface area contributed by atoms with Gasteiger partial charge >= 0.3 is 0 Å². The molecule has 1 aromatic carbocycles. The normalized spacial score (nSPS) is 23.5. The molecule has 6 heteroatoms. The number of anilines is 1. The zero-order chi connectivity index (χ0) is 17.4. The minimum atomic E-state index is -0.250. The van der Waals surface area contributed by atoms with Crippen molar-refractivity contribution >= 4 is 44.8 Å². The van der Waals surface area contributed by atoms with E-state index >= 15 is 0 Å². The van der Waals surface area contributed by atoms with E-state index in [0.29, 0.717) is 13.0 Å². The van der Waals surface area contributed by atoms with E-state index in [-0.39, 0.29) is 23.8 Å². The summed E-state index contributed by atoms with van der Waals surface area (Å²) in [7, 11) is 0. The molecule has 130 valence electrons. The lowest BCUT2D eigenvalue weighted by Gasteiger charge is -2.26. The van der Waals surface area contributed by atoms with E-state index in [2.05, 4.69) is 27.4 Å². The van der Waals surface area contributed by atoms with Crippen LogP contribution in [-0.2, 0) is 9.59 Å². The Morgan fingerprint density at radius 3 is 2.80 bits per heavy atom. The first kappa shape index (κ1) is 16.8. The monoisotopic (exact) mass is 418 g/mol. The summed E-state index contributed by atoms with van der Waals surface area (Å²) in [6.45, 7) is 1.26. The zero-order valence-corrected chi connectivity index (χ0v) is 16.1. The van der Waals surface area contributed by atoms with Crippen LogP contribution in [0.25, 0.3) is 0 Å².